The van der Waals surface area contributed by atoms with Gasteiger partial charge in [0.05, 0.1) is 22.1 Å². The van der Waals surface area contributed by atoms with Gasteiger partial charge in [0.15, 0.2) is 0 Å². The fraction of sp³-hybridized carbons (Fsp3) is 0.182. The van der Waals surface area contributed by atoms with Crippen molar-refractivity contribution in [1.82, 2.24) is 9.55 Å². The molecule has 0 atom stereocenters. The highest BCUT2D eigenvalue weighted by molar-refractivity contribution is 9.10. The lowest BCUT2D eigenvalue weighted by molar-refractivity contribution is 0.874. The largest absolute Gasteiger partial charge is 0.330 e. The SMILES string of the molecule is NCCc1cncn1-c1ccc(Br)c(Cl)c1Cl. The summed E-state index contributed by atoms with van der Waals surface area (Å²) in [7, 11) is 0. The van der Waals surface area contributed by atoms with Crippen LogP contribution in [0.2, 0.25) is 10.0 Å². The number of aromatic nitrogens is 2. The van der Waals surface area contributed by atoms with Crippen molar-refractivity contribution >= 4 is 39.1 Å². The van der Waals surface area contributed by atoms with E-state index in [0.29, 0.717) is 16.6 Å². The van der Waals surface area contributed by atoms with Crippen LogP contribution in [-0.2, 0) is 6.42 Å². The van der Waals surface area contributed by atoms with Crippen molar-refractivity contribution in [3.8, 4) is 5.69 Å². The van der Waals surface area contributed by atoms with Gasteiger partial charge in [-0.15, -0.1) is 0 Å². The van der Waals surface area contributed by atoms with Crippen LogP contribution in [0.15, 0.2) is 29.1 Å². The molecule has 6 heteroatoms. The molecule has 3 nitrogen and oxygen atoms in total. The number of hydrogen-bond acceptors (Lipinski definition) is 2. The molecule has 1 heterocycles. The topological polar surface area (TPSA) is 43.8 Å². The molecule has 0 fully saturated rings. The fourth-order valence-electron chi connectivity index (χ4n) is 1.57. The monoisotopic (exact) mass is 333 g/mol. The minimum absolute atomic E-state index is 0.497. The number of nitrogens with zero attached hydrogens (tertiary/aromatic N) is 2. The van der Waals surface area contributed by atoms with E-state index >= 15 is 0 Å². The average Bonchev–Trinajstić information content (AvgIpc) is 2.75. The molecule has 0 radical (unpaired) electrons. The summed E-state index contributed by atoms with van der Waals surface area (Å²) in [5.74, 6) is 0. The number of nitrogens with two attached hydrogens (primary N) is 1. The Bertz CT molecular complexity index is 540. The summed E-state index contributed by atoms with van der Waals surface area (Å²) in [4.78, 5) is 4.10. The van der Waals surface area contributed by atoms with Crippen molar-refractivity contribution < 1.29 is 0 Å². The molecule has 0 saturated carbocycles. The highest BCUT2D eigenvalue weighted by Crippen LogP contribution is 2.35. The minimum Gasteiger partial charge on any atom is -0.330 e. The van der Waals surface area contributed by atoms with Crippen molar-refractivity contribution in [2.45, 2.75) is 6.42 Å². The second kappa shape index (κ2) is 5.40. The number of halogens is 3. The molecule has 0 aliphatic heterocycles. The van der Waals surface area contributed by atoms with Gasteiger partial charge in [-0.1, -0.05) is 23.2 Å². The third kappa shape index (κ3) is 2.50. The van der Waals surface area contributed by atoms with E-state index in [0.717, 1.165) is 22.3 Å². The summed E-state index contributed by atoms with van der Waals surface area (Å²) in [6.07, 6.45) is 4.22. The third-order valence-corrected chi connectivity index (χ3v) is 4.15. The quantitative estimate of drug-likeness (QED) is 0.874. The van der Waals surface area contributed by atoms with E-state index in [1.54, 1.807) is 12.5 Å². The maximum Gasteiger partial charge on any atom is 0.0994 e. The Labute approximate surface area is 118 Å². The second-order valence-electron chi connectivity index (χ2n) is 3.49. The van der Waals surface area contributed by atoms with Crippen LogP contribution in [-0.4, -0.2) is 16.1 Å². The maximum absolute atomic E-state index is 6.22. The molecule has 1 aromatic heterocycles. The molecule has 0 unspecified atom stereocenters. The molecule has 90 valence electrons. The van der Waals surface area contributed by atoms with Crippen LogP contribution in [0.1, 0.15) is 5.69 Å². The maximum atomic E-state index is 6.22. The summed E-state index contributed by atoms with van der Waals surface area (Å²) >= 11 is 15.6. The zero-order chi connectivity index (χ0) is 12.4. The molecule has 0 aliphatic rings. The Hall–Kier alpha value is -0.550. The van der Waals surface area contributed by atoms with E-state index in [1.807, 2.05) is 16.7 Å². The molecular formula is C11H10BrCl2N3. The lowest BCUT2D eigenvalue weighted by Gasteiger charge is -2.11. The predicted octanol–water partition coefficient (Wildman–Crippen LogP) is 3.44. The van der Waals surface area contributed by atoms with E-state index in [2.05, 4.69) is 20.9 Å². The molecule has 2 aromatic rings. The zero-order valence-electron chi connectivity index (χ0n) is 8.83. The van der Waals surface area contributed by atoms with Gasteiger partial charge in [-0.2, -0.15) is 0 Å². The van der Waals surface area contributed by atoms with Gasteiger partial charge in [0.1, 0.15) is 0 Å². The van der Waals surface area contributed by atoms with Crippen LogP contribution in [0.5, 0.6) is 0 Å². The zero-order valence-corrected chi connectivity index (χ0v) is 11.9. The first-order valence-corrected chi connectivity index (χ1v) is 6.55. The number of rotatable bonds is 3. The van der Waals surface area contributed by atoms with Crippen LogP contribution >= 0.6 is 39.1 Å². The molecule has 0 aliphatic carbocycles. The van der Waals surface area contributed by atoms with Crippen molar-refractivity contribution in [3.05, 3.63) is 44.9 Å². The van der Waals surface area contributed by atoms with Gasteiger partial charge in [0.2, 0.25) is 0 Å². The van der Waals surface area contributed by atoms with E-state index in [9.17, 15) is 0 Å². The Balaban J connectivity index is 2.53. The predicted molar refractivity (Wildman–Crippen MR) is 74.0 cm³/mol. The first-order valence-electron chi connectivity index (χ1n) is 5.00. The Morgan fingerprint density at radius 1 is 1.29 bits per heavy atom. The highest BCUT2D eigenvalue weighted by atomic mass is 79.9. The van der Waals surface area contributed by atoms with Crippen molar-refractivity contribution in [2.75, 3.05) is 6.54 Å². The molecular weight excluding hydrogens is 325 g/mol. The van der Waals surface area contributed by atoms with E-state index in [1.165, 1.54) is 0 Å². The fourth-order valence-corrected chi connectivity index (χ4v) is 2.43. The van der Waals surface area contributed by atoms with Gasteiger partial charge in [0.25, 0.3) is 0 Å². The van der Waals surface area contributed by atoms with Crippen LogP contribution in [0.4, 0.5) is 0 Å². The van der Waals surface area contributed by atoms with E-state index in [-0.39, 0.29) is 0 Å². The summed E-state index contributed by atoms with van der Waals surface area (Å²) in [6.45, 7) is 0.563. The van der Waals surface area contributed by atoms with Gasteiger partial charge < -0.3 is 10.3 Å². The molecule has 0 bridgehead atoms. The first-order chi connectivity index (χ1) is 8.15. The normalized spacial score (nSPS) is 10.8. The lowest BCUT2D eigenvalue weighted by Crippen LogP contribution is -2.07. The Kier molecular flexibility index (Phi) is 4.09. The smallest absolute Gasteiger partial charge is 0.0994 e. The van der Waals surface area contributed by atoms with Crippen LogP contribution < -0.4 is 5.73 Å². The minimum atomic E-state index is 0.497. The molecule has 0 amide bonds. The van der Waals surface area contributed by atoms with Gasteiger partial charge in [-0.25, -0.2) is 4.98 Å². The lowest BCUT2D eigenvalue weighted by atomic mass is 10.2. The van der Waals surface area contributed by atoms with Crippen molar-refractivity contribution in [2.24, 2.45) is 5.73 Å². The Morgan fingerprint density at radius 3 is 2.76 bits per heavy atom. The Morgan fingerprint density at radius 2 is 2.06 bits per heavy atom. The van der Waals surface area contributed by atoms with Gasteiger partial charge in [0, 0.05) is 22.8 Å². The summed E-state index contributed by atoms with van der Waals surface area (Å²) < 4.78 is 2.67. The summed E-state index contributed by atoms with van der Waals surface area (Å²) in [6, 6.07) is 3.75. The van der Waals surface area contributed by atoms with Crippen LogP contribution in [0.25, 0.3) is 5.69 Å². The summed E-state index contributed by atoms with van der Waals surface area (Å²) in [5, 5.41) is 0.994. The summed E-state index contributed by atoms with van der Waals surface area (Å²) in [5.41, 5.74) is 7.36. The van der Waals surface area contributed by atoms with Crippen LogP contribution in [0, 0.1) is 0 Å². The molecule has 2 N–H and O–H groups in total. The standard InChI is InChI=1S/C11H10BrCl2N3/c12-8-1-2-9(11(14)10(8)13)17-6-16-5-7(17)3-4-15/h1-2,5-6H,3-4,15H2. The first kappa shape index (κ1) is 12.9. The van der Waals surface area contributed by atoms with Gasteiger partial charge in [-0.05, 0) is 34.6 Å². The molecule has 0 spiro atoms. The van der Waals surface area contributed by atoms with Crippen molar-refractivity contribution in [3.63, 3.8) is 0 Å². The molecule has 1 aromatic carbocycles. The molecule has 0 saturated heterocycles. The van der Waals surface area contributed by atoms with Crippen LogP contribution in [0.3, 0.4) is 0 Å². The van der Waals surface area contributed by atoms with Gasteiger partial charge in [-0.3, -0.25) is 0 Å². The van der Waals surface area contributed by atoms with E-state index in [4.69, 9.17) is 28.9 Å². The van der Waals surface area contributed by atoms with E-state index < -0.39 is 0 Å². The average molecular weight is 335 g/mol. The number of hydrogen-bond donors (Lipinski definition) is 1. The second-order valence-corrected chi connectivity index (χ2v) is 5.10. The number of imidazole rings is 1. The number of benzene rings is 1. The molecule has 2 rings (SSSR count). The molecule has 17 heavy (non-hydrogen) atoms. The van der Waals surface area contributed by atoms with Gasteiger partial charge >= 0.3 is 0 Å². The van der Waals surface area contributed by atoms with Crippen molar-refractivity contribution in [1.29, 1.82) is 0 Å². The third-order valence-electron chi connectivity index (χ3n) is 2.39. The highest BCUT2D eigenvalue weighted by Gasteiger charge is 2.12.